The van der Waals surface area contributed by atoms with Crippen molar-refractivity contribution < 1.29 is 18.3 Å². The van der Waals surface area contributed by atoms with Crippen LogP contribution in [0.4, 0.5) is 19.0 Å². The van der Waals surface area contributed by atoms with Crippen molar-refractivity contribution in [3.05, 3.63) is 69.7 Å². The first-order valence-corrected chi connectivity index (χ1v) is 10.6. The van der Waals surface area contributed by atoms with Crippen LogP contribution in [0.15, 0.2) is 30.6 Å². The van der Waals surface area contributed by atoms with E-state index in [1.165, 1.54) is 18.5 Å². The Labute approximate surface area is 193 Å². The number of aliphatic hydroxyl groups is 1. The Balaban J connectivity index is 1.74. The molecule has 10 heteroatoms. The molecule has 1 fully saturated rings. The Bertz CT molecular complexity index is 1280. The van der Waals surface area contributed by atoms with Gasteiger partial charge in [0.25, 0.3) is 5.54 Å². The Hall–Kier alpha value is -2.96. The van der Waals surface area contributed by atoms with Gasteiger partial charge in [0.15, 0.2) is 5.65 Å². The van der Waals surface area contributed by atoms with E-state index in [1.54, 1.807) is 13.0 Å². The number of rotatable bonds is 6. The zero-order valence-corrected chi connectivity index (χ0v) is 18.9. The maximum atomic E-state index is 15.2. The molecule has 0 spiro atoms. The predicted octanol–water partition coefficient (Wildman–Crippen LogP) is 5.76. The minimum absolute atomic E-state index is 0.0230. The third-order valence-corrected chi connectivity index (χ3v) is 6.26. The van der Waals surface area contributed by atoms with Crippen LogP contribution in [0.3, 0.4) is 0 Å². The minimum atomic E-state index is -3.80. The molecule has 3 aromatic rings. The molecular weight excluding hydrogens is 455 g/mol. The molecule has 0 aliphatic heterocycles. The maximum absolute atomic E-state index is 15.2. The molecule has 2 aromatic heterocycles. The van der Waals surface area contributed by atoms with Gasteiger partial charge in [-0.2, -0.15) is 8.78 Å². The van der Waals surface area contributed by atoms with Gasteiger partial charge >= 0.3 is 5.92 Å². The lowest BCUT2D eigenvalue weighted by Gasteiger charge is -2.30. The van der Waals surface area contributed by atoms with Gasteiger partial charge in [-0.1, -0.05) is 23.7 Å². The van der Waals surface area contributed by atoms with Crippen molar-refractivity contribution in [2.45, 2.75) is 56.7 Å². The van der Waals surface area contributed by atoms with Gasteiger partial charge in [-0.25, -0.2) is 25.9 Å². The highest BCUT2D eigenvalue weighted by atomic mass is 35.5. The van der Waals surface area contributed by atoms with Gasteiger partial charge in [-0.05, 0) is 32.9 Å². The van der Waals surface area contributed by atoms with Crippen LogP contribution in [-0.4, -0.2) is 25.7 Å². The number of benzene rings is 1. The lowest BCUT2D eigenvalue weighted by Crippen LogP contribution is -2.41. The standard InChI is InChI=1S/C23H21ClF3N5O/c1-12(13-6-5-7-15(17(13)25)23(26,27)21(2,3)33)31-19-14-10-16(22(28-4)8-9-22)18(24)32-20(14)30-11-29-19/h5-7,10-12,33H,8-9H2,1-3H3,(H,29,30,31,32)/t12-/m1/s1. The molecule has 0 saturated heterocycles. The highest BCUT2D eigenvalue weighted by Gasteiger charge is 2.54. The molecule has 172 valence electrons. The fraction of sp³-hybridized carbons (Fsp3) is 0.391. The largest absolute Gasteiger partial charge is 0.384 e. The second-order valence-electron chi connectivity index (χ2n) is 8.77. The van der Waals surface area contributed by atoms with Crippen LogP contribution in [0, 0.1) is 12.4 Å². The third kappa shape index (κ3) is 3.87. The highest BCUT2D eigenvalue weighted by molar-refractivity contribution is 6.30. The minimum Gasteiger partial charge on any atom is -0.384 e. The van der Waals surface area contributed by atoms with Crippen molar-refractivity contribution in [3.8, 4) is 0 Å². The summed E-state index contributed by atoms with van der Waals surface area (Å²) < 4.78 is 44.5. The smallest absolute Gasteiger partial charge is 0.303 e. The van der Waals surface area contributed by atoms with Gasteiger partial charge in [0.05, 0.1) is 22.6 Å². The molecule has 2 N–H and O–H groups in total. The molecule has 0 unspecified atom stereocenters. The molecule has 2 heterocycles. The number of fused-ring (bicyclic) bond motifs is 1. The Morgan fingerprint density at radius 1 is 1.27 bits per heavy atom. The normalized spacial score (nSPS) is 16.3. The number of aromatic nitrogens is 3. The molecule has 1 aromatic carbocycles. The van der Waals surface area contributed by atoms with Crippen LogP contribution in [0.25, 0.3) is 15.9 Å². The fourth-order valence-corrected chi connectivity index (χ4v) is 4.02. The zero-order chi connectivity index (χ0) is 24.2. The lowest BCUT2D eigenvalue weighted by atomic mass is 9.91. The van der Waals surface area contributed by atoms with E-state index in [1.807, 2.05) is 0 Å². The molecule has 0 bridgehead atoms. The second kappa shape index (κ2) is 7.82. The van der Waals surface area contributed by atoms with E-state index >= 15 is 4.39 Å². The topological polar surface area (TPSA) is 75.3 Å². The summed E-state index contributed by atoms with van der Waals surface area (Å²) in [4.78, 5) is 16.3. The predicted molar refractivity (Wildman–Crippen MR) is 118 cm³/mol. The van der Waals surface area contributed by atoms with Crippen LogP contribution in [0.2, 0.25) is 5.15 Å². The van der Waals surface area contributed by atoms with Crippen molar-refractivity contribution in [2.75, 3.05) is 5.32 Å². The number of pyridine rings is 1. The first-order chi connectivity index (χ1) is 15.4. The fourth-order valence-electron chi connectivity index (χ4n) is 3.71. The zero-order valence-electron chi connectivity index (χ0n) is 18.1. The van der Waals surface area contributed by atoms with Gasteiger partial charge in [0.2, 0.25) is 0 Å². The van der Waals surface area contributed by atoms with E-state index in [4.69, 9.17) is 18.2 Å². The summed E-state index contributed by atoms with van der Waals surface area (Å²) in [5.74, 6) is -4.62. The first kappa shape index (κ1) is 23.2. The lowest BCUT2D eigenvalue weighted by molar-refractivity contribution is -0.170. The summed E-state index contributed by atoms with van der Waals surface area (Å²) in [6.45, 7) is 11.0. The van der Waals surface area contributed by atoms with Crippen LogP contribution in [0.1, 0.15) is 56.3 Å². The number of hydrogen-bond acceptors (Lipinski definition) is 5. The highest BCUT2D eigenvalue weighted by Crippen LogP contribution is 2.52. The SMILES string of the molecule is [C-]#[N+]C1(c2cc3c(N[C@H](C)c4cccc(C(F)(F)C(C)(C)O)c4F)ncnc3nc2Cl)CC1. The molecule has 1 atom stereocenters. The summed E-state index contributed by atoms with van der Waals surface area (Å²) in [6.07, 6.45) is 2.60. The number of anilines is 1. The van der Waals surface area contributed by atoms with Crippen LogP contribution < -0.4 is 5.32 Å². The molecule has 4 rings (SSSR count). The molecule has 1 aliphatic carbocycles. The van der Waals surface area contributed by atoms with Gasteiger partial charge in [0.1, 0.15) is 28.7 Å². The van der Waals surface area contributed by atoms with Crippen LogP contribution >= 0.6 is 11.6 Å². The summed E-state index contributed by atoms with van der Waals surface area (Å²) in [5.41, 5.74) is -3.20. The summed E-state index contributed by atoms with van der Waals surface area (Å²) in [6, 6.07) is 4.60. The second-order valence-corrected chi connectivity index (χ2v) is 9.13. The van der Waals surface area contributed by atoms with E-state index < -0.39 is 34.5 Å². The molecule has 0 radical (unpaired) electrons. The van der Waals surface area contributed by atoms with E-state index in [-0.39, 0.29) is 16.4 Å². The maximum Gasteiger partial charge on any atom is 0.303 e. The summed E-state index contributed by atoms with van der Waals surface area (Å²) in [7, 11) is 0. The van der Waals surface area contributed by atoms with E-state index in [0.29, 0.717) is 29.6 Å². The first-order valence-electron chi connectivity index (χ1n) is 10.3. The average Bonchev–Trinajstić information content (AvgIpc) is 3.53. The van der Waals surface area contributed by atoms with Gasteiger partial charge in [-0.15, -0.1) is 0 Å². The Morgan fingerprint density at radius 2 is 1.97 bits per heavy atom. The quantitative estimate of drug-likeness (QED) is 0.350. The number of nitrogens with zero attached hydrogens (tertiary/aromatic N) is 4. The van der Waals surface area contributed by atoms with E-state index in [0.717, 1.165) is 19.9 Å². The number of nitrogens with one attached hydrogen (secondary N) is 1. The summed E-state index contributed by atoms with van der Waals surface area (Å²) in [5, 5.41) is 13.6. The molecule has 1 aliphatic rings. The van der Waals surface area contributed by atoms with Crippen molar-refractivity contribution in [1.29, 1.82) is 0 Å². The van der Waals surface area contributed by atoms with Crippen molar-refractivity contribution in [2.24, 2.45) is 0 Å². The molecule has 6 nitrogen and oxygen atoms in total. The van der Waals surface area contributed by atoms with Crippen molar-refractivity contribution >= 4 is 28.5 Å². The molecule has 0 amide bonds. The molecular formula is C23H21ClF3N5O. The van der Waals surface area contributed by atoms with E-state index in [2.05, 4.69) is 25.1 Å². The molecule has 33 heavy (non-hydrogen) atoms. The van der Waals surface area contributed by atoms with Crippen molar-refractivity contribution in [3.63, 3.8) is 0 Å². The van der Waals surface area contributed by atoms with Crippen molar-refractivity contribution in [1.82, 2.24) is 15.0 Å². The van der Waals surface area contributed by atoms with Gasteiger partial charge < -0.3 is 15.3 Å². The number of alkyl halides is 2. The molecule has 1 saturated carbocycles. The number of halogens is 4. The van der Waals surface area contributed by atoms with Crippen LogP contribution in [-0.2, 0) is 11.5 Å². The van der Waals surface area contributed by atoms with E-state index in [9.17, 15) is 13.9 Å². The van der Waals surface area contributed by atoms with Gasteiger partial charge in [0, 0.05) is 18.4 Å². The van der Waals surface area contributed by atoms with Gasteiger partial charge in [-0.3, -0.25) is 0 Å². The Kier molecular flexibility index (Phi) is 5.50. The Morgan fingerprint density at radius 3 is 2.58 bits per heavy atom. The summed E-state index contributed by atoms with van der Waals surface area (Å²) >= 11 is 6.30. The third-order valence-electron chi connectivity index (χ3n) is 5.97. The van der Waals surface area contributed by atoms with Crippen LogP contribution in [0.5, 0.6) is 0 Å². The monoisotopic (exact) mass is 475 g/mol. The number of hydrogen-bond donors (Lipinski definition) is 2. The average molecular weight is 476 g/mol.